The largest absolute Gasteiger partial charge is 0.345 e. The van der Waals surface area contributed by atoms with Crippen molar-refractivity contribution in [3.63, 3.8) is 0 Å². The molecule has 0 saturated carbocycles. The predicted octanol–water partition coefficient (Wildman–Crippen LogP) is 6.92. The van der Waals surface area contributed by atoms with Gasteiger partial charge in [-0.25, -0.2) is 4.39 Å². The molecule has 1 heterocycles. The number of carbonyl (C=O) groups is 2. The summed E-state index contributed by atoms with van der Waals surface area (Å²) in [6, 6.07) is 30.2. The fraction of sp³-hybridized carbons (Fsp3) is 0.133. The summed E-state index contributed by atoms with van der Waals surface area (Å²) in [5, 5.41) is 0.367. The van der Waals surface area contributed by atoms with E-state index >= 15 is 0 Å². The summed E-state index contributed by atoms with van der Waals surface area (Å²) >= 11 is 11.1. The van der Waals surface area contributed by atoms with Crippen LogP contribution in [0, 0.1) is 5.82 Å². The SMILES string of the molecule is CN(c1ccc(F)cc1)c1cccc(C2(c3ccccc3)CC(=O)C(c3ccccc3Cl)C(=O)N2S)c1. The first kappa shape index (κ1) is 25.1. The van der Waals surface area contributed by atoms with Crippen LogP contribution in [-0.4, -0.2) is 23.0 Å². The number of ketones is 1. The topological polar surface area (TPSA) is 40.6 Å². The van der Waals surface area contributed by atoms with E-state index in [0.717, 1.165) is 22.5 Å². The van der Waals surface area contributed by atoms with Gasteiger partial charge in [-0.05, 0) is 59.2 Å². The predicted molar refractivity (Wildman–Crippen MR) is 148 cm³/mol. The lowest BCUT2D eigenvalue weighted by Crippen LogP contribution is -2.54. The van der Waals surface area contributed by atoms with Gasteiger partial charge in [-0.2, -0.15) is 0 Å². The highest BCUT2D eigenvalue weighted by atomic mass is 35.5. The normalized spacial score (nSPS) is 19.7. The molecule has 0 radical (unpaired) electrons. The lowest BCUT2D eigenvalue weighted by Gasteiger charge is -2.46. The van der Waals surface area contributed by atoms with Gasteiger partial charge in [0, 0.05) is 29.9 Å². The van der Waals surface area contributed by atoms with Crippen molar-refractivity contribution in [1.82, 2.24) is 4.31 Å². The number of rotatable bonds is 5. The maximum atomic E-state index is 13.8. The van der Waals surface area contributed by atoms with Crippen molar-refractivity contribution in [2.75, 3.05) is 11.9 Å². The Bertz CT molecular complexity index is 1460. The van der Waals surface area contributed by atoms with Crippen LogP contribution in [0.4, 0.5) is 15.8 Å². The highest BCUT2D eigenvalue weighted by Crippen LogP contribution is 2.48. The quantitative estimate of drug-likeness (QED) is 0.225. The molecule has 0 N–H and O–H groups in total. The fourth-order valence-corrected chi connectivity index (χ4v) is 5.67. The molecule has 1 saturated heterocycles. The molecule has 186 valence electrons. The molecule has 0 aliphatic carbocycles. The van der Waals surface area contributed by atoms with Crippen LogP contribution >= 0.6 is 24.4 Å². The third-order valence-electron chi connectivity index (χ3n) is 6.96. The lowest BCUT2D eigenvalue weighted by atomic mass is 9.72. The number of hydrogen-bond donors (Lipinski definition) is 1. The summed E-state index contributed by atoms with van der Waals surface area (Å²) in [6.45, 7) is 0. The van der Waals surface area contributed by atoms with Crippen LogP contribution in [0.5, 0.6) is 0 Å². The van der Waals surface area contributed by atoms with Gasteiger partial charge in [-0.1, -0.05) is 85.1 Å². The molecule has 0 aromatic heterocycles. The first-order valence-electron chi connectivity index (χ1n) is 11.8. The number of anilines is 2. The molecule has 5 rings (SSSR count). The average Bonchev–Trinajstić information content (AvgIpc) is 2.92. The molecular formula is C30H24ClFN2O2S. The summed E-state index contributed by atoms with van der Waals surface area (Å²) in [7, 11) is 1.88. The zero-order valence-corrected chi connectivity index (χ0v) is 21.7. The molecular weight excluding hydrogens is 507 g/mol. The Balaban J connectivity index is 1.63. The van der Waals surface area contributed by atoms with Crippen molar-refractivity contribution in [2.45, 2.75) is 17.9 Å². The molecule has 1 fully saturated rings. The molecule has 4 aromatic carbocycles. The van der Waals surface area contributed by atoms with Crippen molar-refractivity contribution in [1.29, 1.82) is 0 Å². The molecule has 1 aliphatic rings. The van der Waals surface area contributed by atoms with E-state index in [4.69, 9.17) is 24.4 Å². The second kappa shape index (κ2) is 10.0. The third kappa shape index (κ3) is 4.41. The number of carbonyl (C=O) groups excluding carboxylic acids is 2. The van der Waals surface area contributed by atoms with Gasteiger partial charge in [0.1, 0.15) is 17.3 Å². The lowest BCUT2D eigenvalue weighted by molar-refractivity contribution is -0.142. The zero-order chi connectivity index (χ0) is 26.2. The summed E-state index contributed by atoms with van der Waals surface area (Å²) < 4.78 is 14.9. The minimum Gasteiger partial charge on any atom is -0.345 e. The fourth-order valence-electron chi connectivity index (χ4n) is 5.01. The zero-order valence-electron chi connectivity index (χ0n) is 20.0. The molecule has 7 heteroatoms. The van der Waals surface area contributed by atoms with Crippen molar-refractivity contribution < 1.29 is 14.0 Å². The van der Waals surface area contributed by atoms with E-state index in [1.54, 1.807) is 36.4 Å². The summed E-state index contributed by atoms with van der Waals surface area (Å²) in [5.74, 6) is -2.02. The number of benzene rings is 4. The Labute approximate surface area is 225 Å². The van der Waals surface area contributed by atoms with Crippen LogP contribution in [0.2, 0.25) is 5.02 Å². The van der Waals surface area contributed by atoms with Gasteiger partial charge in [-0.3, -0.25) is 13.9 Å². The van der Waals surface area contributed by atoms with E-state index in [1.807, 2.05) is 66.5 Å². The number of Topliss-reactive ketones (excluding diaryl/α,β-unsaturated/α-hetero) is 1. The molecule has 4 nitrogen and oxygen atoms in total. The van der Waals surface area contributed by atoms with Crippen LogP contribution in [0.1, 0.15) is 29.0 Å². The van der Waals surface area contributed by atoms with Crippen molar-refractivity contribution in [3.8, 4) is 0 Å². The molecule has 37 heavy (non-hydrogen) atoms. The molecule has 2 atom stereocenters. The standard InChI is InChI=1S/C30H24ClFN2O2S/c1-33(23-16-14-22(32)15-17-23)24-11-7-10-21(18-24)30(20-8-3-2-4-9-20)19-27(35)28(29(36)34(30)37)25-12-5-6-13-26(25)31/h2-18,28,37H,19H2,1H3. The third-order valence-corrected chi connectivity index (χ3v) is 7.84. The summed E-state index contributed by atoms with van der Waals surface area (Å²) in [4.78, 5) is 29.5. The number of amides is 1. The molecule has 0 bridgehead atoms. The number of thiol groups is 1. The van der Waals surface area contributed by atoms with Crippen molar-refractivity contribution in [3.05, 3.63) is 131 Å². The van der Waals surface area contributed by atoms with Crippen molar-refractivity contribution in [2.24, 2.45) is 0 Å². The second-order valence-electron chi connectivity index (χ2n) is 9.06. The highest BCUT2D eigenvalue weighted by molar-refractivity contribution is 7.78. The van der Waals surface area contributed by atoms with Gasteiger partial charge in [0.25, 0.3) is 0 Å². The Kier molecular flexibility index (Phi) is 6.80. The van der Waals surface area contributed by atoms with Crippen LogP contribution in [0.15, 0.2) is 103 Å². The molecule has 1 amide bonds. The Morgan fingerprint density at radius 3 is 2.22 bits per heavy atom. The van der Waals surface area contributed by atoms with Crippen LogP contribution in [-0.2, 0) is 15.1 Å². The first-order valence-corrected chi connectivity index (χ1v) is 12.6. The number of nitrogens with zero attached hydrogens (tertiary/aromatic N) is 2. The maximum absolute atomic E-state index is 13.8. The van der Waals surface area contributed by atoms with Gasteiger partial charge < -0.3 is 4.90 Å². The summed E-state index contributed by atoms with van der Waals surface area (Å²) in [5.41, 5.74) is 2.45. The van der Waals surface area contributed by atoms with Gasteiger partial charge in [-0.15, -0.1) is 0 Å². The van der Waals surface area contributed by atoms with E-state index in [-0.39, 0.29) is 18.0 Å². The molecule has 4 aromatic rings. The van der Waals surface area contributed by atoms with E-state index in [2.05, 4.69) is 0 Å². The Morgan fingerprint density at radius 1 is 0.865 bits per heavy atom. The smallest absolute Gasteiger partial charge is 0.248 e. The first-order chi connectivity index (χ1) is 17.8. The van der Waals surface area contributed by atoms with Crippen molar-refractivity contribution >= 4 is 47.5 Å². The van der Waals surface area contributed by atoms with Gasteiger partial charge in [0.2, 0.25) is 5.91 Å². The Morgan fingerprint density at radius 2 is 1.51 bits per heavy atom. The number of piperidine rings is 1. The minimum absolute atomic E-state index is 0.0197. The molecule has 1 aliphatic heterocycles. The minimum atomic E-state index is -1.14. The van der Waals surface area contributed by atoms with Crippen LogP contribution in [0.25, 0.3) is 0 Å². The average molecular weight is 531 g/mol. The van der Waals surface area contributed by atoms with Crippen LogP contribution in [0.3, 0.4) is 0 Å². The van der Waals surface area contributed by atoms with Gasteiger partial charge in [0.15, 0.2) is 5.78 Å². The highest BCUT2D eigenvalue weighted by Gasteiger charge is 2.52. The molecule has 0 spiro atoms. The van der Waals surface area contributed by atoms with Crippen LogP contribution < -0.4 is 4.90 Å². The van der Waals surface area contributed by atoms with E-state index in [1.165, 1.54) is 16.4 Å². The van der Waals surface area contributed by atoms with E-state index in [9.17, 15) is 14.0 Å². The maximum Gasteiger partial charge on any atom is 0.248 e. The van der Waals surface area contributed by atoms with E-state index < -0.39 is 17.4 Å². The monoisotopic (exact) mass is 530 g/mol. The Hall–Kier alpha value is -3.61. The number of hydrogen-bond acceptors (Lipinski definition) is 4. The second-order valence-corrected chi connectivity index (χ2v) is 9.87. The summed E-state index contributed by atoms with van der Waals surface area (Å²) in [6.07, 6.45) is 0.0197. The van der Waals surface area contributed by atoms with Gasteiger partial charge in [0.05, 0.1) is 0 Å². The number of halogens is 2. The van der Waals surface area contributed by atoms with E-state index in [0.29, 0.717) is 10.6 Å². The van der Waals surface area contributed by atoms with Gasteiger partial charge >= 0.3 is 0 Å². The molecule has 2 unspecified atom stereocenters.